The lowest BCUT2D eigenvalue weighted by Gasteiger charge is -2.07. The van der Waals surface area contributed by atoms with Crippen LogP contribution in [0.1, 0.15) is 21.5 Å². The Kier molecular flexibility index (Phi) is 2.48. The van der Waals surface area contributed by atoms with Gasteiger partial charge in [0.05, 0.1) is 0 Å². The van der Waals surface area contributed by atoms with Crippen LogP contribution < -0.4 is 5.32 Å². The molecule has 0 unspecified atom stereocenters. The molecule has 0 radical (unpaired) electrons. The van der Waals surface area contributed by atoms with Crippen LogP contribution in [0, 0.1) is 13.8 Å². The van der Waals surface area contributed by atoms with E-state index in [0.717, 1.165) is 23.1 Å². The molecule has 0 aromatic heterocycles. The molecule has 0 atom stereocenters. The molecular formula is C10H13NO. The summed E-state index contributed by atoms with van der Waals surface area (Å²) >= 11 is 0. The smallest absolute Gasteiger partial charge is 0.150 e. The Balaban J connectivity index is 3.26. The second-order valence-electron chi connectivity index (χ2n) is 2.89. The summed E-state index contributed by atoms with van der Waals surface area (Å²) in [6, 6.07) is 3.88. The van der Waals surface area contributed by atoms with E-state index in [4.69, 9.17) is 0 Å². The van der Waals surface area contributed by atoms with E-state index in [9.17, 15) is 4.79 Å². The van der Waals surface area contributed by atoms with Gasteiger partial charge in [-0.05, 0) is 31.0 Å². The number of carbonyl (C=O) groups is 1. The zero-order valence-corrected chi connectivity index (χ0v) is 7.64. The van der Waals surface area contributed by atoms with E-state index in [1.54, 1.807) is 0 Å². The predicted molar refractivity (Wildman–Crippen MR) is 50.9 cm³/mol. The van der Waals surface area contributed by atoms with Crippen LogP contribution in [0.5, 0.6) is 0 Å². The lowest BCUT2D eigenvalue weighted by atomic mass is 10.0. The highest BCUT2D eigenvalue weighted by molar-refractivity contribution is 5.80. The Morgan fingerprint density at radius 2 is 1.92 bits per heavy atom. The molecule has 0 amide bonds. The zero-order chi connectivity index (χ0) is 9.14. The summed E-state index contributed by atoms with van der Waals surface area (Å²) in [5.41, 5.74) is 3.97. The summed E-state index contributed by atoms with van der Waals surface area (Å²) in [5.74, 6) is 0. The fraction of sp³-hybridized carbons (Fsp3) is 0.300. The van der Waals surface area contributed by atoms with Gasteiger partial charge in [-0.3, -0.25) is 4.79 Å². The van der Waals surface area contributed by atoms with Crippen LogP contribution in [0.2, 0.25) is 0 Å². The van der Waals surface area contributed by atoms with Crippen LogP contribution in [0.3, 0.4) is 0 Å². The molecule has 2 heteroatoms. The molecule has 0 aliphatic carbocycles. The van der Waals surface area contributed by atoms with Crippen molar-refractivity contribution in [3.05, 3.63) is 28.8 Å². The van der Waals surface area contributed by atoms with Crippen LogP contribution in [-0.2, 0) is 0 Å². The highest BCUT2D eigenvalue weighted by Gasteiger charge is 2.01. The van der Waals surface area contributed by atoms with Gasteiger partial charge in [0.2, 0.25) is 0 Å². The molecule has 1 N–H and O–H groups in total. The first-order valence-electron chi connectivity index (χ1n) is 3.93. The number of anilines is 1. The molecule has 0 spiro atoms. The van der Waals surface area contributed by atoms with Crippen LogP contribution >= 0.6 is 0 Å². The van der Waals surface area contributed by atoms with Gasteiger partial charge in [-0.25, -0.2) is 0 Å². The maximum absolute atomic E-state index is 10.6. The summed E-state index contributed by atoms with van der Waals surface area (Å²) < 4.78 is 0. The zero-order valence-electron chi connectivity index (χ0n) is 7.64. The summed E-state index contributed by atoms with van der Waals surface area (Å²) in [4.78, 5) is 10.6. The quantitative estimate of drug-likeness (QED) is 0.677. The molecule has 1 rings (SSSR count). The Labute approximate surface area is 72.6 Å². The monoisotopic (exact) mass is 163 g/mol. The van der Waals surface area contributed by atoms with E-state index in [0.29, 0.717) is 0 Å². The third kappa shape index (κ3) is 1.47. The third-order valence-corrected chi connectivity index (χ3v) is 2.01. The number of aldehydes is 1. The van der Waals surface area contributed by atoms with Crippen molar-refractivity contribution in [2.75, 3.05) is 12.4 Å². The van der Waals surface area contributed by atoms with Gasteiger partial charge in [0.15, 0.2) is 0 Å². The Morgan fingerprint density at radius 3 is 2.42 bits per heavy atom. The fourth-order valence-electron chi connectivity index (χ4n) is 1.27. The molecule has 12 heavy (non-hydrogen) atoms. The number of benzene rings is 1. The lowest BCUT2D eigenvalue weighted by Crippen LogP contribution is -1.95. The first-order chi connectivity index (χ1) is 5.69. The molecular weight excluding hydrogens is 150 g/mol. The third-order valence-electron chi connectivity index (χ3n) is 2.01. The van der Waals surface area contributed by atoms with Gasteiger partial charge < -0.3 is 5.32 Å². The van der Waals surface area contributed by atoms with E-state index in [-0.39, 0.29) is 0 Å². The number of hydrogen-bond acceptors (Lipinski definition) is 2. The number of carbonyl (C=O) groups excluding carboxylic acids is 1. The molecule has 0 saturated carbocycles. The molecule has 0 bridgehead atoms. The van der Waals surface area contributed by atoms with Crippen LogP contribution in [0.4, 0.5) is 5.69 Å². The number of hydrogen-bond donors (Lipinski definition) is 1. The van der Waals surface area contributed by atoms with Crippen molar-refractivity contribution < 1.29 is 4.79 Å². The fourth-order valence-corrected chi connectivity index (χ4v) is 1.27. The van der Waals surface area contributed by atoms with Crippen LogP contribution in [0.25, 0.3) is 0 Å². The van der Waals surface area contributed by atoms with Crippen molar-refractivity contribution in [1.82, 2.24) is 0 Å². The number of rotatable bonds is 2. The van der Waals surface area contributed by atoms with E-state index >= 15 is 0 Å². The second kappa shape index (κ2) is 3.39. The van der Waals surface area contributed by atoms with Crippen LogP contribution in [0.15, 0.2) is 12.1 Å². The molecule has 2 nitrogen and oxygen atoms in total. The Hall–Kier alpha value is -1.31. The minimum Gasteiger partial charge on any atom is -0.388 e. The van der Waals surface area contributed by atoms with Crippen molar-refractivity contribution in [3.63, 3.8) is 0 Å². The minimum atomic E-state index is 0.755. The highest BCUT2D eigenvalue weighted by Crippen LogP contribution is 2.18. The summed E-state index contributed by atoms with van der Waals surface area (Å²) in [7, 11) is 1.85. The first kappa shape index (κ1) is 8.78. The summed E-state index contributed by atoms with van der Waals surface area (Å²) in [6.07, 6.45) is 0.885. The van der Waals surface area contributed by atoms with E-state index in [2.05, 4.69) is 5.32 Å². The molecule has 1 aromatic carbocycles. The van der Waals surface area contributed by atoms with Crippen molar-refractivity contribution >= 4 is 12.0 Å². The maximum Gasteiger partial charge on any atom is 0.150 e. The maximum atomic E-state index is 10.6. The molecule has 0 fully saturated rings. The predicted octanol–water partition coefficient (Wildman–Crippen LogP) is 2.16. The van der Waals surface area contributed by atoms with Gasteiger partial charge in [-0.1, -0.05) is 6.07 Å². The van der Waals surface area contributed by atoms with Crippen molar-refractivity contribution in [3.8, 4) is 0 Å². The Morgan fingerprint density at radius 1 is 1.25 bits per heavy atom. The molecule has 64 valence electrons. The van der Waals surface area contributed by atoms with E-state index in [1.165, 1.54) is 5.56 Å². The van der Waals surface area contributed by atoms with Gasteiger partial charge in [-0.15, -0.1) is 0 Å². The van der Waals surface area contributed by atoms with E-state index < -0.39 is 0 Å². The molecule has 0 aliphatic rings. The standard InChI is InChI=1S/C10H13NO/c1-7-4-8(2)10(11-3)5-9(7)6-12/h4-6,11H,1-3H3. The largest absolute Gasteiger partial charge is 0.388 e. The van der Waals surface area contributed by atoms with Gasteiger partial charge in [0.25, 0.3) is 0 Å². The van der Waals surface area contributed by atoms with Gasteiger partial charge >= 0.3 is 0 Å². The molecule has 1 aromatic rings. The minimum absolute atomic E-state index is 0.755. The number of nitrogens with one attached hydrogen (secondary N) is 1. The molecule has 0 saturated heterocycles. The topological polar surface area (TPSA) is 29.1 Å². The van der Waals surface area contributed by atoms with E-state index in [1.807, 2.05) is 33.0 Å². The summed E-state index contributed by atoms with van der Waals surface area (Å²) in [6.45, 7) is 3.96. The van der Waals surface area contributed by atoms with Gasteiger partial charge in [0, 0.05) is 18.3 Å². The number of aryl methyl sites for hydroxylation is 2. The van der Waals surface area contributed by atoms with Crippen molar-refractivity contribution in [2.45, 2.75) is 13.8 Å². The lowest BCUT2D eigenvalue weighted by molar-refractivity contribution is 0.112. The second-order valence-corrected chi connectivity index (χ2v) is 2.89. The average molecular weight is 163 g/mol. The first-order valence-corrected chi connectivity index (χ1v) is 3.93. The molecule has 0 aliphatic heterocycles. The van der Waals surface area contributed by atoms with Crippen LogP contribution in [-0.4, -0.2) is 13.3 Å². The highest BCUT2D eigenvalue weighted by atomic mass is 16.1. The summed E-state index contributed by atoms with van der Waals surface area (Å²) in [5, 5.41) is 3.04. The normalized spacial score (nSPS) is 9.58. The van der Waals surface area contributed by atoms with Gasteiger partial charge in [0.1, 0.15) is 6.29 Å². The van der Waals surface area contributed by atoms with Crippen molar-refractivity contribution in [1.29, 1.82) is 0 Å². The SMILES string of the molecule is CNc1cc(C=O)c(C)cc1C. The Bertz CT molecular complexity index is 305. The van der Waals surface area contributed by atoms with Gasteiger partial charge in [-0.2, -0.15) is 0 Å². The average Bonchev–Trinajstić information content (AvgIpc) is 2.05. The molecule has 0 heterocycles. The van der Waals surface area contributed by atoms with Crippen molar-refractivity contribution in [2.24, 2.45) is 0 Å².